The summed E-state index contributed by atoms with van der Waals surface area (Å²) < 4.78 is 11.2. The lowest BCUT2D eigenvalue weighted by molar-refractivity contribution is -0.139. The quantitative estimate of drug-likeness (QED) is 0.517. The van der Waals surface area contributed by atoms with Gasteiger partial charge in [-0.15, -0.1) is 11.8 Å². The molecule has 0 bridgehead atoms. The molecule has 0 saturated heterocycles. The van der Waals surface area contributed by atoms with Gasteiger partial charge in [0.05, 0.1) is 17.5 Å². The van der Waals surface area contributed by atoms with Crippen LogP contribution in [0.1, 0.15) is 16.4 Å². The molecule has 0 saturated carbocycles. The SMILES string of the molecule is O=C(O)COc1cccc2c1OCCN2CCSC(c1ccccc1)c1ccccc1. The predicted octanol–water partition coefficient (Wildman–Crippen LogP) is 4.87. The number of benzene rings is 3. The van der Waals surface area contributed by atoms with E-state index in [1.807, 2.05) is 36.0 Å². The summed E-state index contributed by atoms with van der Waals surface area (Å²) in [6.45, 7) is 1.81. The number of hydrogen-bond donors (Lipinski definition) is 1. The van der Waals surface area contributed by atoms with Crippen molar-refractivity contribution in [2.75, 3.05) is 37.0 Å². The summed E-state index contributed by atoms with van der Waals surface area (Å²) in [7, 11) is 0. The van der Waals surface area contributed by atoms with E-state index in [9.17, 15) is 4.79 Å². The molecule has 6 heteroatoms. The molecule has 0 aromatic heterocycles. The summed E-state index contributed by atoms with van der Waals surface area (Å²) in [6.07, 6.45) is 0. The summed E-state index contributed by atoms with van der Waals surface area (Å²) in [5.41, 5.74) is 3.54. The number of hydrogen-bond acceptors (Lipinski definition) is 5. The molecule has 1 aliphatic rings. The highest BCUT2D eigenvalue weighted by Crippen LogP contribution is 2.41. The van der Waals surface area contributed by atoms with Gasteiger partial charge in [0.2, 0.25) is 0 Å². The lowest BCUT2D eigenvalue weighted by atomic mass is 10.0. The van der Waals surface area contributed by atoms with Crippen molar-refractivity contribution in [1.29, 1.82) is 0 Å². The number of carboxylic acids is 1. The van der Waals surface area contributed by atoms with Crippen LogP contribution in [0.5, 0.6) is 11.5 Å². The van der Waals surface area contributed by atoms with E-state index >= 15 is 0 Å². The lowest BCUT2D eigenvalue weighted by Gasteiger charge is -2.32. The Hall–Kier alpha value is -3.12. The van der Waals surface area contributed by atoms with E-state index in [0.29, 0.717) is 18.1 Å². The molecular weight excluding hydrogens is 410 g/mol. The van der Waals surface area contributed by atoms with E-state index in [0.717, 1.165) is 24.5 Å². The van der Waals surface area contributed by atoms with E-state index in [1.165, 1.54) is 11.1 Å². The number of carbonyl (C=O) groups is 1. The van der Waals surface area contributed by atoms with E-state index in [4.69, 9.17) is 14.6 Å². The number of thioether (sulfide) groups is 1. The highest BCUT2D eigenvalue weighted by Gasteiger charge is 2.23. The van der Waals surface area contributed by atoms with Gasteiger partial charge in [0.15, 0.2) is 18.1 Å². The van der Waals surface area contributed by atoms with Gasteiger partial charge in [-0.1, -0.05) is 66.7 Å². The molecule has 1 N–H and O–H groups in total. The molecule has 3 aromatic carbocycles. The molecular formula is C25H25NO4S. The molecule has 4 rings (SSSR count). The maximum Gasteiger partial charge on any atom is 0.341 e. The minimum atomic E-state index is -1.01. The summed E-state index contributed by atoms with van der Waals surface area (Å²) in [5.74, 6) is 1.04. The zero-order valence-corrected chi connectivity index (χ0v) is 18.0. The molecule has 0 fully saturated rings. The second kappa shape index (κ2) is 10.3. The highest BCUT2D eigenvalue weighted by atomic mass is 32.2. The van der Waals surface area contributed by atoms with Gasteiger partial charge in [0, 0.05) is 12.3 Å². The second-order valence-corrected chi connectivity index (χ2v) is 8.41. The van der Waals surface area contributed by atoms with E-state index < -0.39 is 5.97 Å². The average Bonchev–Trinajstić information content (AvgIpc) is 2.81. The van der Waals surface area contributed by atoms with Gasteiger partial charge in [0.1, 0.15) is 6.61 Å². The highest BCUT2D eigenvalue weighted by molar-refractivity contribution is 7.99. The number of nitrogens with zero attached hydrogens (tertiary/aromatic N) is 1. The minimum Gasteiger partial charge on any atom is -0.486 e. The van der Waals surface area contributed by atoms with Gasteiger partial charge in [-0.2, -0.15) is 0 Å². The van der Waals surface area contributed by atoms with Gasteiger partial charge in [-0.05, 0) is 23.3 Å². The number of rotatable bonds is 9. The maximum atomic E-state index is 10.9. The van der Waals surface area contributed by atoms with Crippen molar-refractivity contribution in [2.24, 2.45) is 0 Å². The van der Waals surface area contributed by atoms with Crippen molar-refractivity contribution in [2.45, 2.75) is 5.25 Å². The molecule has 3 aromatic rings. The third kappa shape index (κ3) is 5.33. The normalized spacial score (nSPS) is 12.9. The van der Waals surface area contributed by atoms with Gasteiger partial charge < -0.3 is 19.5 Å². The Labute approximate surface area is 186 Å². The maximum absolute atomic E-state index is 10.9. The fourth-order valence-electron chi connectivity index (χ4n) is 3.68. The molecule has 0 spiro atoms. The summed E-state index contributed by atoms with van der Waals surface area (Å²) >= 11 is 1.92. The van der Waals surface area contributed by atoms with Crippen LogP contribution >= 0.6 is 11.8 Å². The first-order chi connectivity index (χ1) is 15.2. The molecule has 0 atom stereocenters. The Morgan fingerprint density at radius 3 is 2.32 bits per heavy atom. The molecule has 0 aliphatic carbocycles. The molecule has 31 heavy (non-hydrogen) atoms. The molecule has 1 heterocycles. The molecule has 0 radical (unpaired) electrons. The van der Waals surface area contributed by atoms with Crippen molar-refractivity contribution >= 4 is 23.4 Å². The van der Waals surface area contributed by atoms with Crippen molar-refractivity contribution in [3.05, 3.63) is 90.0 Å². The third-order valence-electron chi connectivity index (χ3n) is 5.11. The Morgan fingerprint density at radius 1 is 1.00 bits per heavy atom. The zero-order valence-electron chi connectivity index (χ0n) is 17.1. The average molecular weight is 436 g/mol. The summed E-state index contributed by atoms with van der Waals surface area (Å²) in [4.78, 5) is 13.1. The van der Waals surface area contributed by atoms with Gasteiger partial charge in [-0.3, -0.25) is 0 Å². The fourth-order valence-corrected chi connectivity index (χ4v) is 4.94. The van der Waals surface area contributed by atoms with Crippen molar-refractivity contribution in [1.82, 2.24) is 0 Å². The number of anilines is 1. The van der Waals surface area contributed by atoms with Crippen LogP contribution in [-0.2, 0) is 4.79 Å². The molecule has 160 valence electrons. The van der Waals surface area contributed by atoms with Crippen LogP contribution in [0.3, 0.4) is 0 Å². The second-order valence-electron chi connectivity index (χ2n) is 7.19. The molecule has 0 unspecified atom stereocenters. The molecule has 0 amide bonds. The van der Waals surface area contributed by atoms with Crippen LogP contribution in [0.2, 0.25) is 0 Å². The summed E-state index contributed by atoms with van der Waals surface area (Å²) in [6, 6.07) is 26.8. The Kier molecular flexibility index (Phi) is 6.99. The van der Waals surface area contributed by atoms with E-state index in [1.54, 1.807) is 6.07 Å². The number of aliphatic carboxylic acids is 1. The summed E-state index contributed by atoms with van der Waals surface area (Å²) in [5, 5.41) is 9.18. The standard InChI is InChI=1S/C25H25NO4S/c27-23(28)18-30-22-13-7-12-21-24(22)29-16-14-26(21)15-17-31-25(19-8-3-1-4-9-19)20-10-5-2-6-11-20/h1-13,25H,14-18H2,(H,27,28). The Bertz CT molecular complexity index is 957. The Balaban J connectivity index is 1.46. The fraction of sp³-hybridized carbons (Fsp3) is 0.240. The number of carboxylic acid groups (broad SMARTS) is 1. The van der Waals surface area contributed by atoms with Crippen LogP contribution in [-0.4, -0.2) is 43.1 Å². The van der Waals surface area contributed by atoms with E-state index in [-0.39, 0.29) is 11.9 Å². The van der Waals surface area contributed by atoms with Gasteiger partial charge in [-0.25, -0.2) is 4.79 Å². The first-order valence-corrected chi connectivity index (χ1v) is 11.3. The van der Waals surface area contributed by atoms with Crippen molar-refractivity contribution < 1.29 is 19.4 Å². The topological polar surface area (TPSA) is 59.0 Å². The van der Waals surface area contributed by atoms with Crippen LogP contribution in [0.15, 0.2) is 78.9 Å². The Morgan fingerprint density at radius 2 is 1.68 bits per heavy atom. The number of para-hydroxylation sites is 1. The smallest absolute Gasteiger partial charge is 0.341 e. The first kappa shape index (κ1) is 21.1. The van der Waals surface area contributed by atoms with Gasteiger partial charge in [0.25, 0.3) is 0 Å². The first-order valence-electron chi connectivity index (χ1n) is 10.3. The van der Waals surface area contributed by atoms with Gasteiger partial charge >= 0.3 is 5.97 Å². The van der Waals surface area contributed by atoms with Crippen molar-refractivity contribution in [3.63, 3.8) is 0 Å². The predicted molar refractivity (Wildman–Crippen MR) is 124 cm³/mol. The third-order valence-corrected chi connectivity index (χ3v) is 6.40. The van der Waals surface area contributed by atoms with Crippen LogP contribution in [0.25, 0.3) is 0 Å². The zero-order chi connectivity index (χ0) is 21.5. The molecule has 5 nitrogen and oxygen atoms in total. The molecule has 1 aliphatic heterocycles. The largest absolute Gasteiger partial charge is 0.486 e. The van der Waals surface area contributed by atoms with Crippen LogP contribution in [0.4, 0.5) is 5.69 Å². The number of ether oxygens (including phenoxy) is 2. The monoisotopic (exact) mass is 435 g/mol. The van der Waals surface area contributed by atoms with Crippen LogP contribution < -0.4 is 14.4 Å². The van der Waals surface area contributed by atoms with E-state index in [2.05, 4.69) is 53.4 Å². The number of fused-ring (bicyclic) bond motifs is 1. The van der Waals surface area contributed by atoms with Crippen LogP contribution in [0, 0.1) is 0 Å². The minimum absolute atomic E-state index is 0.271. The van der Waals surface area contributed by atoms with Crippen molar-refractivity contribution in [3.8, 4) is 11.5 Å². The lowest BCUT2D eigenvalue weighted by Crippen LogP contribution is -2.34.